The SMILES string of the molecule is CCCc1c(Cl)ncnc1N1CCc2ccc(F)cc21. The summed E-state index contributed by atoms with van der Waals surface area (Å²) in [6.45, 7) is 2.88. The third-order valence-electron chi connectivity index (χ3n) is 3.57. The van der Waals surface area contributed by atoms with Crippen molar-refractivity contribution in [1.82, 2.24) is 9.97 Å². The molecule has 1 aliphatic heterocycles. The molecule has 1 aromatic carbocycles. The van der Waals surface area contributed by atoms with Gasteiger partial charge in [-0.15, -0.1) is 0 Å². The fourth-order valence-corrected chi connectivity index (χ4v) is 2.87. The molecule has 20 heavy (non-hydrogen) atoms. The average Bonchev–Trinajstić information content (AvgIpc) is 2.84. The van der Waals surface area contributed by atoms with Gasteiger partial charge in [-0.3, -0.25) is 0 Å². The van der Waals surface area contributed by atoms with Crippen LogP contribution in [0, 0.1) is 5.82 Å². The molecule has 3 rings (SSSR count). The van der Waals surface area contributed by atoms with Crippen LogP contribution >= 0.6 is 11.6 Å². The summed E-state index contributed by atoms with van der Waals surface area (Å²) in [5.41, 5.74) is 2.97. The summed E-state index contributed by atoms with van der Waals surface area (Å²) in [7, 11) is 0. The molecular weight excluding hydrogens is 277 g/mol. The highest BCUT2D eigenvalue weighted by Gasteiger charge is 2.25. The number of fused-ring (bicyclic) bond motifs is 1. The van der Waals surface area contributed by atoms with Crippen molar-refractivity contribution >= 4 is 23.1 Å². The maximum absolute atomic E-state index is 13.5. The maximum Gasteiger partial charge on any atom is 0.141 e. The van der Waals surface area contributed by atoms with Gasteiger partial charge in [0.05, 0.1) is 0 Å². The molecule has 2 aromatic rings. The van der Waals surface area contributed by atoms with Crippen LogP contribution in [0.3, 0.4) is 0 Å². The fraction of sp³-hybridized carbons (Fsp3) is 0.333. The Hall–Kier alpha value is -1.68. The standard InChI is InChI=1S/C15H15ClFN3/c1-2-3-12-14(16)18-9-19-15(12)20-7-6-10-4-5-11(17)8-13(10)20/h4-5,8-9H,2-3,6-7H2,1H3. The van der Waals surface area contributed by atoms with Gasteiger partial charge in [-0.05, 0) is 30.5 Å². The van der Waals surface area contributed by atoms with Crippen LogP contribution in [-0.4, -0.2) is 16.5 Å². The lowest BCUT2D eigenvalue weighted by atomic mass is 10.1. The van der Waals surface area contributed by atoms with Gasteiger partial charge in [0, 0.05) is 17.8 Å². The minimum atomic E-state index is -0.229. The molecule has 0 saturated carbocycles. The topological polar surface area (TPSA) is 29.0 Å². The van der Waals surface area contributed by atoms with E-state index >= 15 is 0 Å². The van der Waals surface area contributed by atoms with Gasteiger partial charge < -0.3 is 4.90 Å². The van der Waals surface area contributed by atoms with Crippen LogP contribution in [0.15, 0.2) is 24.5 Å². The number of hydrogen-bond donors (Lipinski definition) is 0. The van der Waals surface area contributed by atoms with E-state index in [0.29, 0.717) is 5.15 Å². The van der Waals surface area contributed by atoms with Crippen molar-refractivity contribution in [3.63, 3.8) is 0 Å². The highest BCUT2D eigenvalue weighted by Crippen LogP contribution is 2.37. The van der Waals surface area contributed by atoms with Crippen molar-refractivity contribution < 1.29 is 4.39 Å². The van der Waals surface area contributed by atoms with E-state index in [4.69, 9.17) is 11.6 Å². The Bertz CT molecular complexity index is 645. The van der Waals surface area contributed by atoms with Gasteiger partial charge in [-0.2, -0.15) is 0 Å². The molecule has 3 nitrogen and oxygen atoms in total. The summed E-state index contributed by atoms with van der Waals surface area (Å²) >= 11 is 6.19. The van der Waals surface area contributed by atoms with Gasteiger partial charge >= 0.3 is 0 Å². The Balaban J connectivity index is 2.08. The molecular formula is C15H15ClFN3. The number of aromatic nitrogens is 2. The van der Waals surface area contributed by atoms with Crippen molar-refractivity contribution in [2.24, 2.45) is 0 Å². The zero-order chi connectivity index (χ0) is 14.1. The van der Waals surface area contributed by atoms with E-state index in [9.17, 15) is 4.39 Å². The zero-order valence-corrected chi connectivity index (χ0v) is 12.0. The molecule has 0 radical (unpaired) electrons. The molecule has 5 heteroatoms. The molecule has 0 N–H and O–H groups in total. The molecule has 0 fully saturated rings. The van der Waals surface area contributed by atoms with Crippen LogP contribution in [0.1, 0.15) is 24.5 Å². The number of nitrogens with zero attached hydrogens (tertiary/aromatic N) is 3. The normalized spacial score (nSPS) is 13.7. The highest BCUT2D eigenvalue weighted by atomic mass is 35.5. The molecule has 1 aliphatic rings. The van der Waals surface area contributed by atoms with Crippen LogP contribution in [-0.2, 0) is 12.8 Å². The number of rotatable bonds is 3. The van der Waals surface area contributed by atoms with Crippen molar-refractivity contribution in [1.29, 1.82) is 0 Å². The molecule has 0 unspecified atom stereocenters. The van der Waals surface area contributed by atoms with E-state index in [-0.39, 0.29) is 5.82 Å². The van der Waals surface area contributed by atoms with Gasteiger partial charge in [-0.1, -0.05) is 31.0 Å². The Morgan fingerprint density at radius 1 is 1.35 bits per heavy atom. The molecule has 0 amide bonds. The van der Waals surface area contributed by atoms with E-state index in [0.717, 1.165) is 48.4 Å². The number of hydrogen-bond acceptors (Lipinski definition) is 3. The fourth-order valence-electron chi connectivity index (χ4n) is 2.65. The summed E-state index contributed by atoms with van der Waals surface area (Å²) in [6.07, 6.45) is 4.14. The Morgan fingerprint density at radius 3 is 3.00 bits per heavy atom. The first-order valence-electron chi connectivity index (χ1n) is 6.76. The molecule has 0 spiro atoms. The lowest BCUT2D eigenvalue weighted by molar-refractivity contribution is 0.628. The smallest absolute Gasteiger partial charge is 0.141 e. The Morgan fingerprint density at radius 2 is 2.20 bits per heavy atom. The van der Waals surface area contributed by atoms with Crippen molar-refractivity contribution in [3.8, 4) is 0 Å². The predicted octanol–water partition coefficient (Wildman–Crippen LogP) is 3.92. The van der Waals surface area contributed by atoms with Gasteiger partial charge in [-0.25, -0.2) is 14.4 Å². The predicted molar refractivity (Wildman–Crippen MR) is 78.1 cm³/mol. The van der Waals surface area contributed by atoms with Crippen molar-refractivity contribution in [2.45, 2.75) is 26.2 Å². The molecule has 0 bridgehead atoms. The first-order chi connectivity index (χ1) is 9.70. The van der Waals surface area contributed by atoms with Crippen molar-refractivity contribution in [3.05, 3.63) is 46.6 Å². The van der Waals surface area contributed by atoms with Gasteiger partial charge in [0.1, 0.15) is 23.1 Å². The van der Waals surface area contributed by atoms with E-state index in [1.54, 1.807) is 6.07 Å². The second-order valence-corrected chi connectivity index (χ2v) is 5.25. The second-order valence-electron chi connectivity index (χ2n) is 4.89. The first kappa shape index (κ1) is 13.3. The second kappa shape index (κ2) is 5.37. The number of anilines is 2. The number of halogens is 2. The maximum atomic E-state index is 13.5. The minimum absolute atomic E-state index is 0.229. The highest BCUT2D eigenvalue weighted by molar-refractivity contribution is 6.30. The lowest BCUT2D eigenvalue weighted by Crippen LogP contribution is -2.17. The molecule has 0 aliphatic carbocycles. The number of benzene rings is 1. The van der Waals surface area contributed by atoms with Crippen LogP contribution in [0.5, 0.6) is 0 Å². The minimum Gasteiger partial charge on any atom is -0.325 e. The van der Waals surface area contributed by atoms with Gasteiger partial charge in [0.25, 0.3) is 0 Å². The summed E-state index contributed by atoms with van der Waals surface area (Å²) in [5.74, 6) is 0.573. The molecule has 104 valence electrons. The van der Waals surface area contributed by atoms with Crippen LogP contribution in [0.2, 0.25) is 5.15 Å². The van der Waals surface area contributed by atoms with Crippen LogP contribution < -0.4 is 4.90 Å². The first-order valence-corrected chi connectivity index (χ1v) is 7.14. The van der Waals surface area contributed by atoms with E-state index in [1.165, 1.54) is 12.4 Å². The quantitative estimate of drug-likeness (QED) is 0.803. The lowest BCUT2D eigenvalue weighted by Gasteiger charge is -2.21. The molecule has 1 aromatic heterocycles. The van der Waals surface area contributed by atoms with Crippen LogP contribution in [0.25, 0.3) is 0 Å². The summed E-state index contributed by atoms with van der Waals surface area (Å²) in [6, 6.07) is 4.91. The molecule has 0 saturated heterocycles. The van der Waals surface area contributed by atoms with E-state index < -0.39 is 0 Å². The largest absolute Gasteiger partial charge is 0.325 e. The zero-order valence-electron chi connectivity index (χ0n) is 11.2. The van der Waals surface area contributed by atoms with Crippen LogP contribution in [0.4, 0.5) is 15.9 Å². The summed E-state index contributed by atoms with van der Waals surface area (Å²) < 4.78 is 13.5. The summed E-state index contributed by atoms with van der Waals surface area (Å²) in [4.78, 5) is 10.5. The van der Waals surface area contributed by atoms with Crippen molar-refractivity contribution in [2.75, 3.05) is 11.4 Å². The van der Waals surface area contributed by atoms with E-state index in [1.807, 2.05) is 11.0 Å². The third-order valence-corrected chi connectivity index (χ3v) is 3.89. The Kier molecular flexibility index (Phi) is 3.57. The summed E-state index contributed by atoms with van der Waals surface area (Å²) in [5, 5.41) is 0.488. The van der Waals surface area contributed by atoms with E-state index in [2.05, 4.69) is 16.9 Å². The third kappa shape index (κ3) is 2.24. The van der Waals surface area contributed by atoms with Gasteiger partial charge in [0.15, 0.2) is 0 Å². The monoisotopic (exact) mass is 291 g/mol. The van der Waals surface area contributed by atoms with Gasteiger partial charge in [0.2, 0.25) is 0 Å². The molecule has 0 atom stereocenters. The average molecular weight is 292 g/mol. The Labute approximate surface area is 122 Å². The molecule has 2 heterocycles.